The predicted molar refractivity (Wildman–Crippen MR) is 83.9 cm³/mol. The van der Waals surface area contributed by atoms with Crippen molar-refractivity contribution in [3.63, 3.8) is 0 Å². The van der Waals surface area contributed by atoms with Crippen LogP contribution in [-0.2, 0) is 0 Å². The number of alkyl halides is 3. The van der Waals surface area contributed by atoms with E-state index in [4.69, 9.17) is 0 Å². The van der Waals surface area contributed by atoms with Gasteiger partial charge in [-0.25, -0.2) is 8.78 Å². The molecule has 0 saturated carbocycles. The van der Waals surface area contributed by atoms with Gasteiger partial charge in [-0.2, -0.15) is 0 Å². The topological polar surface area (TPSA) is 9.23 Å². The molecule has 25 heavy (non-hydrogen) atoms. The standard InChI is InChI=1S/C19H11F5O/c20-16-8-5-13(6-9-16)12-1-3-14(4-2-12)15-7-10-18(17(21)11-15)25-19(22,23)24/h1-11H. The van der Waals surface area contributed by atoms with E-state index in [1.165, 1.54) is 18.2 Å². The molecule has 3 aromatic rings. The van der Waals surface area contributed by atoms with E-state index in [0.717, 1.165) is 23.3 Å². The van der Waals surface area contributed by atoms with Gasteiger partial charge in [-0.15, -0.1) is 13.2 Å². The number of halogens is 5. The Morgan fingerprint density at radius 3 is 1.52 bits per heavy atom. The fourth-order valence-corrected chi connectivity index (χ4v) is 2.39. The van der Waals surface area contributed by atoms with Crippen molar-refractivity contribution >= 4 is 0 Å². The average molecular weight is 350 g/mol. The van der Waals surface area contributed by atoms with Crippen molar-refractivity contribution in [1.82, 2.24) is 0 Å². The van der Waals surface area contributed by atoms with Crippen LogP contribution in [0.4, 0.5) is 22.0 Å². The fraction of sp³-hybridized carbons (Fsp3) is 0.0526. The lowest BCUT2D eigenvalue weighted by Crippen LogP contribution is -2.17. The van der Waals surface area contributed by atoms with Crippen molar-refractivity contribution in [2.75, 3.05) is 0 Å². The van der Waals surface area contributed by atoms with E-state index < -0.39 is 17.9 Å². The summed E-state index contributed by atoms with van der Waals surface area (Å²) >= 11 is 0. The van der Waals surface area contributed by atoms with Crippen LogP contribution in [0.1, 0.15) is 0 Å². The molecule has 3 rings (SSSR count). The van der Waals surface area contributed by atoms with Gasteiger partial charge in [0.15, 0.2) is 11.6 Å². The first-order valence-electron chi connectivity index (χ1n) is 7.23. The zero-order valence-electron chi connectivity index (χ0n) is 12.6. The van der Waals surface area contributed by atoms with Gasteiger partial charge < -0.3 is 4.74 Å². The van der Waals surface area contributed by atoms with E-state index >= 15 is 0 Å². The van der Waals surface area contributed by atoms with Gasteiger partial charge in [-0.05, 0) is 46.5 Å². The van der Waals surface area contributed by atoms with Crippen molar-refractivity contribution in [3.8, 4) is 28.0 Å². The van der Waals surface area contributed by atoms with Crippen molar-refractivity contribution in [1.29, 1.82) is 0 Å². The molecule has 0 amide bonds. The molecule has 0 aliphatic heterocycles. The van der Waals surface area contributed by atoms with E-state index in [9.17, 15) is 22.0 Å². The van der Waals surface area contributed by atoms with Crippen molar-refractivity contribution in [2.24, 2.45) is 0 Å². The highest BCUT2D eigenvalue weighted by Gasteiger charge is 2.32. The molecule has 0 radical (unpaired) electrons. The van der Waals surface area contributed by atoms with Gasteiger partial charge in [0.1, 0.15) is 5.82 Å². The molecule has 0 heterocycles. The molecule has 0 aliphatic carbocycles. The quantitative estimate of drug-likeness (QED) is 0.511. The fourth-order valence-electron chi connectivity index (χ4n) is 2.39. The highest BCUT2D eigenvalue weighted by Crippen LogP contribution is 2.30. The van der Waals surface area contributed by atoms with E-state index in [-0.39, 0.29) is 5.82 Å². The first kappa shape index (κ1) is 17.0. The Morgan fingerprint density at radius 2 is 1.04 bits per heavy atom. The summed E-state index contributed by atoms with van der Waals surface area (Å²) in [5.41, 5.74) is 2.69. The molecule has 1 nitrogen and oxygen atoms in total. The molecule has 0 unspecified atom stereocenters. The van der Waals surface area contributed by atoms with Crippen LogP contribution in [0.3, 0.4) is 0 Å². The maximum absolute atomic E-state index is 13.8. The van der Waals surface area contributed by atoms with Crippen LogP contribution in [0.5, 0.6) is 5.75 Å². The Bertz CT molecular complexity index is 868. The van der Waals surface area contributed by atoms with E-state index in [2.05, 4.69) is 4.74 Å². The summed E-state index contributed by atoms with van der Waals surface area (Å²) in [5.74, 6) is -2.31. The SMILES string of the molecule is Fc1ccc(-c2ccc(-c3ccc(OC(F)(F)F)c(F)c3)cc2)cc1. The lowest BCUT2D eigenvalue weighted by Gasteiger charge is -2.11. The highest BCUT2D eigenvalue weighted by atomic mass is 19.4. The van der Waals surface area contributed by atoms with Crippen molar-refractivity contribution in [2.45, 2.75) is 6.36 Å². The lowest BCUT2D eigenvalue weighted by molar-refractivity contribution is -0.275. The van der Waals surface area contributed by atoms with Crippen LogP contribution in [0, 0.1) is 11.6 Å². The third kappa shape index (κ3) is 4.15. The molecule has 0 fully saturated rings. The molecule has 0 N–H and O–H groups in total. The molecule has 128 valence electrons. The Hall–Kier alpha value is -2.89. The second kappa shape index (κ2) is 6.55. The highest BCUT2D eigenvalue weighted by molar-refractivity contribution is 5.70. The largest absolute Gasteiger partial charge is 0.573 e. The molecule has 0 bridgehead atoms. The van der Waals surface area contributed by atoms with Crippen LogP contribution < -0.4 is 4.74 Å². The Balaban J connectivity index is 1.85. The van der Waals surface area contributed by atoms with Gasteiger partial charge in [0.25, 0.3) is 0 Å². The Kier molecular flexibility index (Phi) is 4.44. The number of benzene rings is 3. The van der Waals surface area contributed by atoms with E-state index in [0.29, 0.717) is 11.1 Å². The van der Waals surface area contributed by atoms with Gasteiger partial charge in [-0.1, -0.05) is 42.5 Å². The maximum Gasteiger partial charge on any atom is 0.573 e. The minimum absolute atomic E-state index is 0.336. The van der Waals surface area contributed by atoms with Gasteiger partial charge in [0.05, 0.1) is 0 Å². The zero-order chi connectivity index (χ0) is 18.0. The molecule has 0 aromatic heterocycles. The summed E-state index contributed by atoms with van der Waals surface area (Å²) < 4.78 is 66.8. The predicted octanol–water partition coefficient (Wildman–Crippen LogP) is 6.20. The molecule has 0 aliphatic rings. The number of hydrogen-bond donors (Lipinski definition) is 0. The molecule has 0 spiro atoms. The summed E-state index contributed by atoms with van der Waals surface area (Å²) in [4.78, 5) is 0. The van der Waals surface area contributed by atoms with Crippen LogP contribution in [0.15, 0.2) is 66.7 Å². The minimum Gasteiger partial charge on any atom is -0.403 e. The molecule has 6 heteroatoms. The second-order valence-corrected chi connectivity index (χ2v) is 5.28. The number of rotatable bonds is 3. The molecule has 3 aromatic carbocycles. The van der Waals surface area contributed by atoms with Crippen LogP contribution in [0.25, 0.3) is 22.3 Å². The normalized spacial score (nSPS) is 11.4. The van der Waals surface area contributed by atoms with E-state index in [1.807, 2.05) is 0 Å². The van der Waals surface area contributed by atoms with Crippen molar-refractivity contribution < 1.29 is 26.7 Å². The molecular formula is C19H11F5O. The van der Waals surface area contributed by atoms with Gasteiger partial charge in [0.2, 0.25) is 0 Å². The van der Waals surface area contributed by atoms with Gasteiger partial charge >= 0.3 is 6.36 Å². The first-order valence-corrected chi connectivity index (χ1v) is 7.23. The van der Waals surface area contributed by atoms with Gasteiger partial charge in [0, 0.05) is 0 Å². The minimum atomic E-state index is -4.95. The third-order valence-corrected chi connectivity index (χ3v) is 3.55. The van der Waals surface area contributed by atoms with Crippen LogP contribution in [0.2, 0.25) is 0 Å². The van der Waals surface area contributed by atoms with Crippen LogP contribution in [-0.4, -0.2) is 6.36 Å². The second-order valence-electron chi connectivity index (χ2n) is 5.28. The Morgan fingerprint density at radius 1 is 0.600 bits per heavy atom. The smallest absolute Gasteiger partial charge is 0.403 e. The average Bonchev–Trinajstić information content (AvgIpc) is 2.56. The molecular weight excluding hydrogens is 339 g/mol. The lowest BCUT2D eigenvalue weighted by atomic mass is 10.0. The summed E-state index contributed by atoms with van der Waals surface area (Å²) in [5, 5.41) is 0. The number of ether oxygens (including phenoxy) is 1. The summed E-state index contributed by atoms with van der Waals surface area (Å²) in [6.07, 6.45) is -4.95. The zero-order valence-corrected chi connectivity index (χ0v) is 12.6. The maximum atomic E-state index is 13.8. The third-order valence-electron chi connectivity index (χ3n) is 3.55. The molecule has 0 saturated heterocycles. The van der Waals surface area contributed by atoms with E-state index in [1.54, 1.807) is 36.4 Å². The summed E-state index contributed by atoms with van der Waals surface area (Å²) in [6, 6.07) is 16.2. The monoisotopic (exact) mass is 350 g/mol. The van der Waals surface area contributed by atoms with Crippen molar-refractivity contribution in [3.05, 3.63) is 78.4 Å². The first-order chi connectivity index (χ1) is 11.8. The van der Waals surface area contributed by atoms with Gasteiger partial charge in [-0.3, -0.25) is 0 Å². The summed E-state index contributed by atoms with van der Waals surface area (Å²) in [6.45, 7) is 0. The molecule has 0 atom stereocenters. The Labute approximate surface area is 140 Å². The van der Waals surface area contributed by atoms with Crippen LogP contribution >= 0.6 is 0 Å². The number of hydrogen-bond acceptors (Lipinski definition) is 1. The summed E-state index contributed by atoms with van der Waals surface area (Å²) in [7, 11) is 0.